The third kappa shape index (κ3) is 4.63. The monoisotopic (exact) mass is 474 g/mol. The smallest absolute Gasteiger partial charge is 0.307 e. The van der Waals surface area contributed by atoms with E-state index in [-0.39, 0.29) is 30.0 Å². The summed E-state index contributed by atoms with van der Waals surface area (Å²) < 4.78 is 20.7. The maximum atomic E-state index is 14.8. The summed E-state index contributed by atoms with van der Waals surface area (Å²) in [6, 6.07) is 14.2. The number of ether oxygens (including phenoxy) is 1. The standard InChI is InChI=1S/C28H27FN2O4/c1-2-35-26-9-6-17(14-27(32)33)13-21(26)18-7-8-24(29)19-10-12-31(16-23(18)19)28(34)22-15-20(22)25-5-3-4-11-30-25/h3-9,11,13,20,22H,2,10,12,14-16H2,1H3,(H,32,33)/t20-,22-/m1/s1. The topological polar surface area (TPSA) is 79.7 Å². The van der Waals surface area contributed by atoms with Crippen LogP contribution in [-0.4, -0.2) is 40.0 Å². The van der Waals surface area contributed by atoms with E-state index in [0.29, 0.717) is 48.6 Å². The van der Waals surface area contributed by atoms with Crippen molar-refractivity contribution in [3.8, 4) is 16.9 Å². The molecule has 0 saturated heterocycles. The molecule has 7 heteroatoms. The number of carboxylic acids is 1. The fraction of sp³-hybridized carbons (Fsp3) is 0.321. The van der Waals surface area contributed by atoms with Crippen LogP contribution in [-0.2, 0) is 29.0 Å². The Bertz CT molecular complexity index is 1280. The molecule has 1 aromatic heterocycles. The van der Waals surface area contributed by atoms with E-state index in [0.717, 1.165) is 23.2 Å². The van der Waals surface area contributed by atoms with Crippen molar-refractivity contribution < 1.29 is 23.8 Å². The maximum Gasteiger partial charge on any atom is 0.307 e. The number of aliphatic carboxylic acids is 1. The Morgan fingerprint density at radius 2 is 2.00 bits per heavy atom. The lowest BCUT2D eigenvalue weighted by Crippen LogP contribution is -2.37. The highest BCUT2D eigenvalue weighted by Crippen LogP contribution is 2.48. The van der Waals surface area contributed by atoms with Gasteiger partial charge >= 0.3 is 5.97 Å². The lowest BCUT2D eigenvalue weighted by atomic mass is 9.89. The molecule has 0 bridgehead atoms. The number of hydrogen-bond donors (Lipinski definition) is 1. The van der Waals surface area contributed by atoms with Gasteiger partial charge in [-0.2, -0.15) is 0 Å². The number of nitrogens with zero attached hydrogens (tertiary/aromatic N) is 2. The van der Waals surface area contributed by atoms with Crippen LogP contribution >= 0.6 is 0 Å². The largest absolute Gasteiger partial charge is 0.493 e. The van der Waals surface area contributed by atoms with Gasteiger partial charge in [0.2, 0.25) is 5.91 Å². The van der Waals surface area contributed by atoms with Crippen molar-refractivity contribution in [2.24, 2.45) is 5.92 Å². The first-order chi connectivity index (χ1) is 17.0. The molecule has 2 aromatic carbocycles. The van der Waals surface area contributed by atoms with Crippen LogP contribution < -0.4 is 4.74 Å². The van der Waals surface area contributed by atoms with Crippen molar-refractivity contribution in [3.05, 3.63) is 82.9 Å². The second-order valence-electron chi connectivity index (χ2n) is 9.10. The van der Waals surface area contributed by atoms with E-state index in [1.54, 1.807) is 30.5 Å². The molecule has 0 spiro atoms. The molecule has 3 aromatic rings. The average molecular weight is 475 g/mol. The van der Waals surface area contributed by atoms with E-state index >= 15 is 0 Å². The van der Waals surface area contributed by atoms with Gasteiger partial charge in [-0.3, -0.25) is 14.6 Å². The number of aromatic nitrogens is 1. The Balaban J connectivity index is 1.47. The molecule has 1 aliphatic heterocycles. The number of carbonyl (C=O) groups is 2. The van der Waals surface area contributed by atoms with Gasteiger partial charge in [-0.05, 0) is 72.4 Å². The minimum Gasteiger partial charge on any atom is -0.493 e. The van der Waals surface area contributed by atoms with Gasteiger partial charge < -0.3 is 14.7 Å². The summed E-state index contributed by atoms with van der Waals surface area (Å²) in [5.74, 6) is -0.489. The summed E-state index contributed by atoms with van der Waals surface area (Å²) >= 11 is 0. The Labute approximate surface area is 203 Å². The highest BCUT2D eigenvalue weighted by atomic mass is 19.1. The molecule has 0 unspecified atom stereocenters. The first-order valence-electron chi connectivity index (χ1n) is 11.9. The number of benzene rings is 2. The van der Waals surface area contributed by atoms with Gasteiger partial charge in [-0.1, -0.05) is 18.2 Å². The van der Waals surface area contributed by atoms with Gasteiger partial charge in [0.1, 0.15) is 11.6 Å². The average Bonchev–Trinajstić information content (AvgIpc) is 3.66. The summed E-state index contributed by atoms with van der Waals surface area (Å²) in [6.07, 6.45) is 2.83. The zero-order chi connectivity index (χ0) is 24.5. The molecule has 1 saturated carbocycles. The summed E-state index contributed by atoms with van der Waals surface area (Å²) in [7, 11) is 0. The second-order valence-corrected chi connectivity index (χ2v) is 9.10. The molecule has 1 aliphatic carbocycles. The molecule has 1 amide bonds. The van der Waals surface area contributed by atoms with E-state index in [1.807, 2.05) is 30.0 Å². The fourth-order valence-electron chi connectivity index (χ4n) is 5.05. The van der Waals surface area contributed by atoms with Crippen LogP contribution in [0.2, 0.25) is 0 Å². The summed E-state index contributed by atoms with van der Waals surface area (Å²) in [4.78, 5) is 30.9. The molecular weight excluding hydrogens is 447 g/mol. The third-order valence-electron chi connectivity index (χ3n) is 6.83. The van der Waals surface area contributed by atoms with Gasteiger partial charge in [0.15, 0.2) is 0 Å². The molecule has 1 N–H and O–H groups in total. The van der Waals surface area contributed by atoms with Crippen molar-refractivity contribution in [3.63, 3.8) is 0 Å². The van der Waals surface area contributed by atoms with E-state index in [2.05, 4.69) is 4.98 Å². The number of fused-ring (bicyclic) bond motifs is 1. The molecule has 6 nitrogen and oxygen atoms in total. The van der Waals surface area contributed by atoms with Crippen LogP contribution in [0.15, 0.2) is 54.7 Å². The summed E-state index contributed by atoms with van der Waals surface area (Å²) in [5.41, 5.74) is 4.42. The van der Waals surface area contributed by atoms with Crippen molar-refractivity contribution >= 4 is 11.9 Å². The number of carboxylic acid groups (broad SMARTS) is 1. The lowest BCUT2D eigenvalue weighted by molar-refractivity contribution is -0.136. The molecule has 2 atom stereocenters. The van der Waals surface area contributed by atoms with Crippen LogP contribution in [0.4, 0.5) is 4.39 Å². The van der Waals surface area contributed by atoms with Crippen LogP contribution in [0, 0.1) is 11.7 Å². The normalized spacial score (nSPS) is 18.6. The van der Waals surface area contributed by atoms with E-state index < -0.39 is 5.97 Å². The van der Waals surface area contributed by atoms with Crippen LogP contribution in [0.25, 0.3) is 11.1 Å². The van der Waals surface area contributed by atoms with E-state index in [4.69, 9.17) is 4.74 Å². The third-order valence-corrected chi connectivity index (χ3v) is 6.83. The summed E-state index contributed by atoms with van der Waals surface area (Å²) in [5, 5.41) is 9.26. The lowest BCUT2D eigenvalue weighted by Gasteiger charge is -2.31. The Kier molecular flexibility index (Phi) is 6.24. The Hall–Kier alpha value is -3.74. The zero-order valence-electron chi connectivity index (χ0n) is 19.5. The van der Waals surface area contributed by atoms with Gasteiger partial charge in [0, 0.05) is 42.4 Å². The van der Waals surface area contributed by atoms with E-state index in [9.17, 15) is 19.1 Å². The van der Waals surface area contributed by atoms with Crippen molar-refractivity contribution in [1.82, 2.24) is 9.88 Å². The molecule has 0 radical (unpaired) electrons. The van der Waals surface area contributed by atoms with Gasteiger partial charge in [-0.25, -0.2) is 4.39 Å². The molecule has 35 heavy (non-hydrogen) atoms. The predicted octanol–water partition coefficient (Wildman–Crippen LogP) is 4.60. The number of rotatable bonds is 7. The van der Waals surface area contributed by atoms with Crippen molar-refractivity contribution in [1.29, 1.82) is 0 Å². The van der Waals surface area contributed by atoms with Crippen LogP contribution in [0.1, 0.15) is 41.6 Å². The SMILES string of the molecule is CCOc1ccc(CC(=O)O)cc1-c1ccc(F)c2c1CN(C(=O)[C@@H]1C[C@H]1c1ccccn1)CC2. The molecule has 180 valence electrons. The number of hydrogen-bond acceptors (Lipinski definition) is 4. The Morgan fingerprint density at radius 1 is 1.14 bits per heavy atom. The first-order valence-corrected chi connectivity index (χ1v) is 11.9. The van der Waals surface area contributed by atoms with E-state index in [1.165, 1.54) is 6.07 Å². The van der Waals surface area contributed by atoms with Gasteiger partial charge in [0.05, 0.1) is 13.0 Å². The molecular formula is C28H27FN2O4. The van der Waals surface area contributed by atoms with Crippen molar-refractivity contribution in [2.45, 2.75) is 38.6 Å². The van der Waals surface area contributed by atoms with Gasteiger partial charge in [0.25, 0.3) is 0 Å². The quantitative estimate of drug-likeness (QED) is 0.541. The van der Waals surface area contributed by atoms with Crippen LogP contribution in [0.3, 0.4) is 0 Å². The first kappa shape index (κ1) is 23.0. The molecule has 2 heterocycles. The zero-order valence-corrected chi connectivity index (χ0v) is 19.5. The highest BCUT2D eigenvalue weighted by molar-refractivity contribution is 5.84. The minimum absolute atomic E-state index is 0.0752. The number of amides is 1. The molecule has 5 rings (SSSR count). The van der Waals surface area contributed by atoms with Crippen molar-refractivity contribution in [2.75, 3.05) is 13.2 Å². The van der Waals surface area contributed by atoms with Gasteiger partial charge in [-0.15, -0.1) is 0 Å². The predicted molar refractivity (Wildman–Crippen MR) is 129 cm³/mol. The maximum absolute atomic E-state index is 14.8. The van der Waals surface area contributed by atoms with Crippen LogP contribution in [0.5, 0.6) is 5.75 Å². The fourth-order valence-corrected chi connectivity index (χ4v) is 5.05. The second kappa shape index (κ2) is 9.49. The Morgan fingerprint density at radius 3 is 2.74 bits per heavy atom. The molecule has 2 aliphatic rings. The number of pyridine rings is 1. The number of halogens is 1. The molecule has 1 fully saturated rings. The number of carbonyl (C=O) groups excluding carboxylic acids is 1. The highest BCUT2D eigenvalue weighted by Gasteiger charge is 2.47. The summed E-state index contributed by atoms with van der Waals surface area (Å²) in [6.45, 7) is 3.09. The minimum atomic E-state index is -0.926.